The fourth-order valence-corrected chi connectivity index (χ4v) is 6.02. The first-order valence-electron chi connectivity index (χ1n) is 9.04. The first-order chi connectivity index (χ1) is 13.8. The van der Waals surface area contributed by atoms with Crippen molar-refractivity contribution in [2.45, 2.75) is 11.8 Å². The topological polar surface area (TPSA) is 77.9 Å². The number of phenolic OH excluding ortho intramolecular Hbond substituents is 1. The third kappa shape index (κ3) is 3.61. The summed E-state index contributed by atoms with van der Waals surface area (Å²) in [4.78, 5) is 14.7. The summed E-state index contributed by atoms with van der Waals surface area (Å²) in [5.74, 6) is -0.894. The summed E-state index contributed by atoms with van der Waals surface area (Å²) < 4.78 is 41.6. The molecule has 0 aliphatic carbocycles. The van der Waals surface area contributed by atoms with Gasteiger partial charge in [0.2, 0.25) is 10.0 Å². The standard InChI is InChI=1S/C20H19FN2O4S2/c1-13-5-6-16(24)19(11-13)29(26,27)23-9-7-22(8-10-23)20(25)18-12-14-15(21)3-2-4-17(14)28-18/h2-6,11-12,24H,7-10H2,1H3. The van der Waals surface area contributed by atoms with Crippen molar-refractivity contribution in [3.63, 3.8) is 0 Å². The van der Waals surface area contributed by atoms with Crippen LogP contribution in [0.5, 0.6) is 5.75 Å². The van der Waals surface area contributed by atoms with E-state index in [0.717, 1.165) is 5.56 Å². The van der Waals surface area contributed by atoms with Gasteiger partial charge in [-0.3, -0.25) is 4.79 Å². The number of hydrogen-bond acceptors (Lipinski definition) is 5. The van der Waals surface area contributed by atoms with Crippen molar-refractivity contribution < 1.29 is 22.7 Å². The number of piperazine rings is 1. The molecule has 2 aromatic carbocycles. The number of carbonyl (C=O) groups excluding carboxylic acids is 1. The zero-order valence-corrected chi connectivity index (χ0v) is 17.3. The Labute approximate surface area is 171 Å². The van der Waals surface area contributed by atoms with Gasteiger partial charge in [-0.2, -0.15) is 4.31 Å². The highest BCUT2D eigenvalue weighted by Gasteiger charge is 2.32. The zero-order chi connectivity index (χ0) is 20.8. The number of rotatable bonds is 3. The largest absolute Gasteiger partial charge is 0.507 e. The van der Waals surface area contributed by atoms with Gasteiger partial charge < -0.3 is 10.0 Å². The second-order valence-electron chi connectivity index (χ2n) is 6.93. The lowest BCUT2D eigenvalue weighted by atomic mass is 10.2. The minimum Gasteiger partial charge on any atom is -0.507 e. The van der Waals surface area contributed by atoms with Crippen LogP contribution in [0.2, 0.25) is 0 Å². The van der Waals surface area contributed by atoms with Crippen LogP contribution in [0.25, 0.3) is 10.1 Å². The Balaban J connectivity index is 1.50. The highest BCUT2D eigenvalue weighted by atomic mass is 32.2. The third-order valence-electron chi connectivity index (χ3n) is 4.98. The molecule has 1 saturated heterocycles. The Morgan fingerprint density at radius 1 is 1.10 bits per heavy atom. The second kappa shape index (κ2) is 7.40. The molecule has 2 heterocycles. The number of hydrogen-bond donors (Lipinski definition) is 1. The molecule has 1 aromatic heterocycles. The summed E-state index contributed by atoms with van der Waals surface area (Å²) in [7, 11) is -3.86. The molecule has 1 N–H and O–H groups in total. The van der Waals surface area contributed by atoms with Crippen LogP contribution >= 0.6 is 11.3 Å². The van der Waals surface area contributed by atoms with E-state index in [1.807, 2.05) is 0 Å². The summed E-state index contributed by atoms with van der Waals surface area (Å²) >= 11 is 1.22. The molecular weight excluding hydrogens is 415 g/mol. The molecule has 4 rings (SSSR count). The fraction of sp³-hybridized carbons (Fsp3) is 0.250. The molecule has 1 aliphatic rings. The smallest absolute Gasteiger partial charge is 0.264 e. The average molecular weight is 435 g/mol. The molecule has 9 heteroatoms. The molecule has 3 aromatic rings. The van der Waals surface area contributed by atoms with Crippen LogP contribution in [0, 0.1) is 12.7 Å². The van der Waals surface area contributed by atoms with Crippen molar-refractivity contribution in [2.24, 2.45) is 0 Å². The van der Waals surface area contributed by atoms with Crippen LogP contribution < -0.4 is 0 Å². The number of aromatic hydroxyl groups is 1. The van der Waals surface area contributed by atoms with Crippen LogP contribution in [-0.2, 0) is 10.0 Å². The number of thiophene rings is 1. The van der Waals surface area contributed by atoms with Crippen LogP contribution in [-0.4, -0.2) is 54.8 Å². The van der Waals surface area contributed by atoms with Gasteiger partial charge in [0.1, 0.15) is 16.5 Å². The zero-order valence-electron chi connectivity index (χ0n) is 15.6. The third-order valence-corrected chi connectivity index (χ3v) is 7.99. The lowest BCUT2D eigenvalue weighted by molar-refractivity contribution is 0.0702. The monoisotopic (exact) mass is 434 g/mol. The van der Waals surface area contributed by atoms with Crippen molar-refractivity contribution in [3.8, 4) is 5.75 Å². The van der Waals surface area contributed by atoms with Crippen LogP contribution in [0.3, 0.4) is 0 Å². The predicted molar refractivity (Wildman–Crippen MR) is 109 cm³/mol. The van der Waals surface area contributed by atoms with E-state index >= 15 is 0 Å². The summed E-state index contributed by atoms with van der Waals surface area (Å²) in [5, 5.41) is 10.4. The molecule has 0 saturated carbocycles. The summed E-state index contributed by atoms with van der Waals surface area (Å²) in [6, 6.07) is 10.7. The maximum atomic E-state index is 13.9. The van der Waals surface area contributed by atoms with Gasteiger partial charge in [0.05, 0.1) is 4.88 Å². The van der Waals surface area contributed by atoms with E-state index in [9.17, 15) is 22.7 Å². The molecule has 0 radical (unpaired) electrons. The molecule has 0 bridgehead atoms. The Hall–Kier alpha value is -2.49. The van der Waals surface area contributed by atoms with E-state index in [1.54, 1.807) is 36.1 Å². The highest BCUT2D eigenvalue weighted by molar-refractivity contribution is 7.89. The number of sulfonamides is 1. The summed E-state index contributed by atoms with van der Waals surface area (Å²) in [5.41, 5.74) is 0.729. The van der Waals surface area contributed by atoms with Gasteiger partial charge in [-0.1, -0.05) is 12.1 Å². The Bertz CT molecular complexity index is 1200. The first-order valence-corrected chi connectivity index (χ1v) is 11.3. The van der Waals surface area contributed by atoms with E-state index in [1.165, 1.54) is 33.8 Å². The molecule has 1 amide bonds. The SMILES string of the molecule is Cc1ccc(O)c(S(=O)(=O)N2CCN(C(=O)c3cc4c(F)cccc4s3)CC2)c1. The maximum Gasteiger partial charge on any atom is 0.264 e. The highest BCUT2D eigenvalue weighted by Crippen LogP contribution is 2.30. The molecular formula is C20H19FN2O4S2. The maximum absolute atomic E-state index is 13.9. The fourth-order valence-electron chi connectivity index (χ4n) is 3.39. The van der Waals surface area contributed by atoms with Gasteiger partial charge in [0.25, 0.3) is 5.91 Å². The lowest BCUT2D eigenvalue weighted by Gasteiger charge is -2.33. The molecule has 29 heavy (non-hydrogen) atoms. The van der Waals surface area contributed by atoms with Crippen molar-refractivity contribution in [1.82, 2.24) is 9.21 Å². The van der Waals surface area contributed by atoms with Gasteiger partial charge in [0.15, 0.2) is 0 Å². The van der Waals surface area contributed by atoms with Crippen LogP contribution in [0.1, 0.15) is 15.2 Å². The van der Waals surface area contributed by atoms with Crippen molar-refractivity contribution in [1.29, 1.82) is 0 Å². The van der Waals surface area contributed by atoms with E-state index < -0.39 is 10.0 Å². The van der Waals surface area contributed by atoms with Crippen molar-refractivity contribution >= 4 is 37.4 Å². The number of phenols is 1. The first kappa shape index (κ1) is 19.8. The minimum absolute atomic E-state index is 0.126. The van der Waals surface area contributed by atoms with Gasteiger partial charge >= 0.3 is 0 Å². The lowest BCUT2D eigenvalue weighted by Crippen LogP contribution is -2.50. The molecule has 0 spiro atoms. The number of aryl methyl sites for hydroxylation is 1. The van der Waals surface area contributed by atoms with E-state index in [-0.39, 0.29) is 48.5 Å². The molecule has 0 atom stereocenters. The van der Waals surface area contributed by atoms with Crippen LogP contribution in [0.15, 0.2) is 47.4 Å². The molecule has 1 aliphatic heterocycles. The summed E-state index contributed by atoms with van der Waals surface area (Å²) in [6.07, 6.45) is 0. The van der Waals surface area contributed by atoms with Gasteiger partial charge in [-0.05, 0) is 42.8 Å². The van der Waals surface area contributed by atoms with Gasteiger partial charge in [-0.25, -0.2) is 12.8 Å². The van der Waals surface area contributed by atoms with E-state index in [4.69, 9.17) is 0 Å². The van der Waals surface area contributed by atoms with Crippen molar-refractivity contribution in [3.05, 3.63) is 58.7 Å². The van der Waals surface area contributed by atoms with Crippen molar-refractivity contribution in [2.75, 3.05) is 26.2 Å². The molecule has 1 fully saturated rings. The number of fused-ring (bicyclic) bond motifs is 1. The molecule has 152 valence electrons. The number of carbonyl (C=O) groups is 1. The van der Waals surface area contributed by atoms with Crippen LogP contribution in [0.4, 0.5) is 4.39 Å². The predicted octanol–water partition coefficient (Wildman–Crippen LogP) is 3.20. The average Bonchev–Trinajstić information content (AvgIpc) is 3.15. The molecule has 6 nitrogen and oxygen atoms in total. The van der Waals surface area contributed by atoms with Gasteiger partial charge in [-0.15, -0.1) is 11.3 Å². The van der Waals surface area contributed by atoms with Gasteiger partial charge in [0, 0.05) is 36.3 Å². The number of nitrogens with zero attached hydrogens (tertiary/aromatic N) is 2. The normalized spacial score (nSPS) is 15.7. The Morgan fingerprint density at radius 3 is 2.52 bits per heavy atom. The number of benzene rings is 2. The quantitative estimate of drug-likeness (QED) is 0.687. The molecule has 0 unspecified atom stereocenters. The van der Waals surface area contributed by atoms with E-state index in [2.05, 4.69) is 0 Å². The second-order valence-corrected chi connectivity index (χ2v) is 9.92. The number of amides is 1. The Morgan fingerprint density at radius 2 is 1.83 bits per heavy atom. The van der Waals surface area contributed by atoms with E-state index in [0.29, 0.717) is 15.0 Å². The minimum atomic E-state index is -3.86. The Kier molecular flexibility index (Phi) is 5.05. The number of halogens is 1. The summed E-state index contributed by atoms with van der Waals surface area (Å²) in [6.45, 7) is 2.45.